The molecule has 0 aromatic carbocycles. The van der Waals surface area contributed by atoms with Crippen molar-refractivity contribution in [3.63, 3.8) is 0 Å². The number of thioether (sulfide) groups is 1. The molecule has 0 radical (unpaired) electrons. The number of amides is 1. The Morgan fingerprint density at radius 3 is 2.59 bits per heavy atom. The summed E-state index contributed by atoms with van der Waals surface area (Å²) in [6.45, 7) is 1.87. The lowest BCUT2D eigenvalue weighted by Gasteiger charge is -2.27. The summed E-state index contributed by atoms with van der Waals surface area (Å²) in [6.07, 6.45) is -2.66. The summed E-state index contributed by atoms with van der Waals surface area (Å²) in [5.74, 6) is -5.55. The van der Waals surface area contributed by atoms with Crippen molar-refractivity contribution in [2.45, 2.75) is 37.9 Å². The highest BCUT2D eigenvalue weighted by Gasteiger charge is 2.56. The van der Waals surface area contributed by atoms with Crippen LogP contribution in [0, 0.1) is 5.41 Å². The molecule has 1 amide bonds. The van der Waals surface area contributed by atoms with Gasteiger partial charge in [0.1, 0.15) is 11.2 Å². The van der Waals surface area contributed by atoms with Gasteiger partial charge in [0, 0.05) is 37.6 Å². The summed E-state index contributed by atoms with van der Waals surface area (Å²) in [6, 6.07) is 2.41. The van der Waals surface area contributed by atoms with E-state index in [0.29, 0.717) is 5.69 Å². The average molecular weight is 459 g/mol. The maximum Gasteiger partial charge on any atom is 0.453 e. The third-order valence-corrected chi connectivity index (χ3v) is 4.91. The summed E-state index contributed by atoms with van der Waals surface area (Å²) in [5.41, 5.74) is 0.500. The van der Waals surface area contributed by atoms with E-state index in [-0.39, 0.29) is 23.9 Å². The normalized spacial score (nSPS) is 13.5. The van der Waals surface area contributed by atoms with Crippen molar-refractivity contribution in [1.82, 2.24) is 9.88 Å². The van der Waals surface area contributed by atoms with Gasteiger partial charge >= 0.3 is 12.1 Å². The van der Waals surface area contributed by atoms with Gasteiger partial charge in [-0.05, 0) is 24.8 Å². The molecule has 0 saturated carbocycles. The summed E-state index contributed by atoms with van der Waals surface area (Å²) >= 11 is 6.62. The second kappa shape index (κ2) is 11.4. The molecule has 1 heterocycles. The van der Waals surface area contributed by atoms with E-state index in [0.717, 1.165) is 11.8 Å². The van der Waals surface area contributed by atoms with Crippen LogP contribution in [0.1, 0.15) is 19.8 Å². The Hall–Kier alpha value is -1.75. The second-order valence-corrected chi connectivity index (χ2v) is 7.41. The first-order valence-corrected chi connectivity index (χ1v) is 10.0. The van der Waals surface area contributed by atoms with Gasteiger partial charge in [-0.25, -0.2) is 0 Å². The molecule has 0 aliphatic carbocycles. The molecule has 29 heavy (non-hydrogen) atoms. The smallest absolute Gasteiger partial charge is 0.328 e. The van der Waals surface area contributed by atoms with Crippen molar-refractivity contribution in [2.75, 3.05) is 18.1 Å². The highest BCUT2D eigenvalue weighted by molar-refractivity contribution is 7.99. The molecule has 0 fully saturated rings. The van der Waals surface area contributed by atoms with Gasteiger partial charge in [-0.1, -0.05) is 11.6 Å². The molecule has 1 N–H and O–H groups in total. The van der Waals surface area contributed by atoms with Crippen molar-refractivity contribution in [3.05, 3.63) is 24.5 Å². The number of halogens is 6. The number of nitrogens with one attached hydrogen (secondary N) is 1. The molecule has 1 atom stereocenters. The molecule has 5 nitrogen and oxygen atoms in total. The van der Waals surface area contributed by atoms with E-state index in [1.54, 1.807) is 25.3 Å². The van der Waals surface area contributed by atoms with E-state index in [9.17, 15) is 26.7 Å². The highest BCUT2D eigenvalue weighted by atomic mass is 35.5. The Morgan fingerprint density at radius 1 is 1.38 bits per heavy atom. The van der Waals surface area contributed by atoms with Gasteiger partial charge in [0.05, 0.1) is 11.9 Å². The molecule has 162 valence electrons. The van der Waals surface area contributed by atoms with Crippen LogP contribution >= 0.6 is 23.4 Å². The zero-order chi connectivity index (χ0) is 22.1. The van der Waals surface area contributed by atoms with Crippen molar-refractivity contribution >= 4 is 46.3 Å². The standard InChI is InChI=1S/C17H20ClF5N4OS/c1-2-27(13(15(18)24)11-26-12-4-3-7-25-10-12)14(28)5-8-29-9-6-16(19,20)17(21,22)23/h3-4,7,10-11,13,24H,2,5-6,8-9H2,1H3. The Balaban J connectivity index is 2.60. The van der Waals surface area contributed by atoms with Crippen LogP contribution in [0.4, 0.5) is 27.6 Å². The molecule has 0 aliphatic rings. The number of hydrogen-bond acceptors (Lipinski definition) is 5. The number of rotatable bonds is 11. The van der Waals surface area contributed by atoms with Gasteiger partial charge in [0.2, 0.25) is 5.91 Å². The van der Waals surface area contributed by atoms with E-state index >= 15 is 0 Å². The Morgan fingerprint density at radius 2 is 2.07 bits per heavy atom. The molecule has 0 aliphatic heterocycles. The van der Waals surface area contributed by atoms with E-state index in [1.165, 1.54) is 17.3 Å². The first kappa shape index (κ1) is 25.3. The van der Waals surface area contributed by atoms with Crippen LogP contribution in [0.25, 0.3) is 0 Å². The maximum atomic E-state index is 12.8. The van der Waals surface area contributed by atoms with Crippen LogP contribution in [0.3, 0.4) is 0 Å². The number of hydrogen-bond donors (Lipinski definition) is 1. The first-order valence-electron chi connectivity index (χ1n) is 8.49. The number of nitrogens with zero attached hydrogens (tertiary/aromatic N) is 3. The third-order valence-electron chi connectivity index (χ3n) is 3.70. The second-order valence-electron chi connectivity index (χ2n) is 5.78. The van der Waals surface area contributed by atoms with Gasteiger partial charge in [-0.2, -0.15) is 33.7 Å². The summed E-state index contributed by atoms with van der Waals surface area (Å²) in [7, 11) is 0. The predicted molar refractivity (Wildman–Crippen MR) is 105 cm³/mol. The maximum absolute atomic E-state index is 12.8. The molecule has 0 bridgehead atoms. The van der Waals surface area contributed by atoms with Crippen molar-refractivity contribution < 1.29 is 26.7 Å². The lowest BCUT2D eigenvalue weighted by atomic mass is 10.2. The molecule has 1 unspecified atom stereocenters. The summed E-state index contributed by atoms with van der Waals surface area (Å²) in [4.78, 5) is 21.7. The van der Waals surface area contributed by atoms with Crippen LogP contribution in [0.2, 0.25) is 0 Å². The van der Waals surface area contributed by atoms with Gasteiger partial charge in [0.15, 0.2) is 0 Å². The van der Waals surface area contributed by atoms with E-state index < -0.39 is 36.2 Å². The number of alkyl halides is 5. The number of pyridine rings is 1. The van der Waals surface area contributed by atoms with Gasteiger partial charge < -0.3 is 4.90 Å². The molecule has 12 heteroatoms. The third kappa shape index (κ3) is 8.25. The zero-order valence-corrected chi connectivity index (χ0v) is 17.0. The predicted octanol–water partition coefficient (Wildman–Crippen LogP) is 4.93. The van der Waals surface area contributed by atoms with Gasteiger partial charge in [0.25, 0.3) is 0 Å². The first-order chi connectivity index (χ1) is 13.5. The SMILES string of the molecule is CCN(C(=O)CCSCCC(F)(F)C(F)(F)F)C(C=Nc1cccnc1)C(=N)Cl. The number of carbonyl (C=O) groups is 1. The lowest BCUT2D eigenvalue weighted by molar-refractivity contribution is -0.282. The Bertz CT molecular complexity index is 703. The van der Waals surface area contributed by atoms with E-state index in [4.69, 9.17) is 17.0 Å². The molecule has 1 aromatic rings. The topological polar surface area (TPSA) is 69.4 Å². The fourth-order valence-corrected chi connectivity index (χ4v) is 3.24. The van der Waals surface area contributed by atoms with Crippen molar-refractivity contribution in [2.24, 2.45) is 4.99 Å². The molecule has 0 spiro atoms. The van der Waals surface area contributed by atoms with Crippen LogP contribution in [-0.2, 0) is 4.79 Å². The largest absolute Gasteiger partial charge is 0.453 e. The average Bonchev–Trinajstić information content (AvgIpc) is 2.64. The summed E-state index contributed by atoms with van der Waals surface area (Å²) in [5, 5.41) is 7.34. The van der Waals surface area contributed by atoms with Gasteiger partial charge in [-0.15, -0.1) is 0 Å². The highest BCUT2D eigenvalue weighted by Crippen LogP contribution is 2.38. The quantitative estimate of drug-likeness (QED) is 0.290. The zero-order valence-electron chi connectivity index (χ0n) is 15.4. The van der Waals surface area contributed by atoms with Crippen LogP contribution in [-0.4, -0.2) is 63.4 Å². The fraction of sp³-hybridized carbons (Fsp3) is 0.529. The fourth-order valence-electron chi connectivity index (χ4n) is 2.14. The summed E-state index contributed by atoms with van der Waals surface area (Å²) < 4.78 is 62.0. The minimum absolute atomic E-state index is 0.0609. The monoisotopic (exact) mass is 458 g/mol. The number of carbonyl (C=O) groups excluding carboxylic acids is 1. The lowest BCUT2D eigenvalue weighted by Crippen LogP contribution is -2.44. The number of aliphatic imine (C=N–C) groups is 1. The van der Waals surface area contributed by atoms with E-state index in [2.05, 4.69) is 9.98 Å². The van der Waals surface area contributed by atoms with E-state index in [1.807, 2.05) is 0 Å². The minimum atomic E-state index is -5.58. The minimum Gasteiger partial charge on any atom is -0.328 e. The number of aromatic nitrogens is 1. The van der Waals surface area contributed by atoms with Crippen molar-refractivity contribution in [1.29, 1.82) is 5.41 Å². The molecular weight excluding hydrogens is 439 g/mol. The van der Waals surface area contributed by atoms with Crippen LogP contribution in [0.15, 0.2) is 29.5 Å². The van der Waals surface area contributed by atoms with Crippen molar-refractivity contribution in [3.8, 4) is 0 Å². The Labute approximate surface area is 174 Å². The van der Waals surface area contributed by atoms with Crippen LogP contribution < -0.4 is 0 Å². The molecule has 1 rings (SSSR count). The molecular formula is C17H20ClF5N4OS. The Kier molecular flexibility index (Phi) is 9.97. The molecule has 0 saturated heterocycles. The van der Waals surface area contributed by atoms with Gasteiger partial charge in [-0.3, -0.25) is 20.2 Å². The van der Waals surface area contributed by atoms with Crippen LogP contribution in [0.5, 0.6) is 0 Å². The molecule has 1 aromatic heterocycles.